The van der Waals surface area contributed by atoms with E-state index in [1.54, 1.807) is 30.3 Å². The van der Waals surface area contributed by atoms with Gasteiger partial charge in [-0.25, -0.2) is 0 Å². The van der Waals surface area contributed by atoms with E-state index in [0.29, 0.717) is 29.6 Å². The van der Waals surface area contributed by atoms with Gasteiger partial charge in [0.2, 0.25) is 0 Å². The minimum absolute atomic E-state index is 0.00898. The zero-order valence-corrected chi connectivity index (χ0v) is 16.1. The number of non-ortho nitro benzene ring substituents is 1. The summed E-state index contributed by atoms with van der Waals surface area (Å²) in [5, 5.41) is 12.4. The molecule has 3 aromatic rings. The highest BCUT2D eigenvalue weighted by molar-refractivity contribution is 6.26. The minimum Gasteiger partial charge on any atom is -0.308 e. The van der Waals surface area contributed by atoms with Gasteiger partial charge in [0.1, 0.15) is 0 Å². The molecule has 0 aromatic heterocycles. The van der Waals surface area contributed by atoms with Gasteiger partial charge >= 0.3 is 0 Å². The lowest BCUT2D eigenvalue weighted by atomic mass is 9.90. The maximum Gasteiger partial charge on any atom is 0.269 e. The van der Waals surface area contributed by atoms with Crippen LogP contribution in [0, 0.1) is 10.1 Å². The van der Waals surface area contributed by atoms with E-state index in [4.69, 9.17) is 0 Å². The Hall–Kier alpha value is -3.58. The molecule has 0 aliphatic carbocycles. The lowest BCUT2D eigenvalue weighted by molar-refractivity contribution is -0.384. The second-order valence-corrected chi connectivity index (χ2v) is 7.30. The number of imide groups is 1. The number of likely N-dealkylation sites (N-methyl/N-ethyl adjacent to an activating group) is 1. The number of carbonyl (C=O) groups is 2. The zero-order valence-electron chi connectivity index (χ0n) is 16.1. The second kappa shape index (κ2) is 7.10. The third-order valence-corrected chi connectivity index (χ3v) is 5.11. The van der Waals surface area contributed by atoms with Gasteiger partial charge in [-0.15, -0.1) is 0 Å². The highest BCUT2D eigenvalue weighted by Gasteiger charge is 2.33. The number of hydrogen-bond acceptors (Lipinski definition) is 5. The average Bonchev–Trinajstić information content (AvgIpc) is 2.71. The van der Waals surface area contributed by atoms with Gasteiger partial charge < -0.3 is 4.90 Å². The van der Waals surface area contributed by atoms with Crippen molar-refractivity contribution in [1.29, 1.82) is 0 Å². The van der Waals surface area contributed by atoms with Gasteiger partial charge in [0, 0.05) is 41.7 Å². The van der Waals surface area contributed by atoms with Crippen LogP contribution in [0.2, 0.25) is 0 Å². The lowest BCUT2D eigenvalue weighted by Gasteiger charge is -2.28. The van der Waals surface area contributed by atoms with Crippen molar-refractivity contribution in [3.8, 4) is 11.1 Å². The van der Waals surface area contributed by atoms with Crippen molar-refractivity contribution in [3.63, 3.8) is 0 Å². The van der Waals surface area contributed by atoms with Crippen LogP contribution in [0.1, 0.15) is 20.7 Å². The van der Waals surface area contributed by atoms with Gasteiger partial charge in [0.05, 0.1) is 4.92 Å². The number of benzene rings is 3. The SMILES string of the molecule is CN(C)CCN1C(=O)c2cccc3cc(-c4ccc([N+](=O)[O-])cc4)cc(c23)C1=O. The molecule has 1 heterocycles. The Kier molecular flexibility index (Phi) is 4.60. The van der Waals surface area contributed by atoms with E-state index in [2.05, 4.69) is 0 Å². The van der Waals surface area contributed by atoms with Crippen molar-refractivity contribution in [1.82, 2.24) is 9.80 Å². The van der Waals surface area contributed by atoms with E-state index in [0.717, 1.165) is 16.5 Å². The van der Waals surface area contributed by atoms with Crippen LogP contribution < -0.4 is 0 Å². The summed E-state index contributed by atoms with van der Waals surface area (Å²) in [5.74, 6) is -0.595. The first kappa shape index (κ1) is 18.8. The standard InChI is InChI=1S/C22H19N3O4/c1-23(2)10-11-24-21(26)18-5-3-4-15-12-16(13-19(20(15)18)22(24)27)14-6-8-17(9-7-14)25(28)29/h3-9,12-13H,10-11H2,1-2H3. The molecule has 146 valence electrons. The quantitative estimate of drug-likeness (QED) is 0.378. The number of carbonyl (C=O) groups excluding carboxylic acids is 2. The first-order valence-electron chi connectivity index (χ1n) is 9.19. The van der Waals surface area contributed by atoms with Crippen LogP contribution in [0.5, 0.6) is 0 Å². The Morgan fingerprint density at radius 2 is 1.62 bits per heavy atom. The molecule has 1 aliphatic rings. The zero-order chi connectivity index (χ0) is 20.7. The Balaban J connectivity index is 1.84. The molecule has 0 radical (unpaired) electrons. The molecule has 0 atom stereocenters. The van der Waals surface area contributed by atoms with Crippen LogP contribution in [0.4, 0.5) is 5.69 Å². The number of nitrogens with zero attached hydrogens (tertiary/aromatic N) is 3. The number of hydrogen-bond donors (Lipinski definition) is 0. The van der Waals surface area contributed by atoms with Crippen LogP contribution in [-0.2, 0) is 0 Å². The molecule has 1 aliphatic heterocycles. The maximum atomic E-state index is 13.2. The van der Waals surface area contributed by atoms with Crippen molar-refractivity contribution in [2.45, 2.75) is 0 Å². The Bertz CT molecular complexity index is 1150. The van der Waals surface area contributed by atoms with Crippen LogP contribution in [0.15, 0.2) is 54.6 Å². The number of nitro benzene ring substituents is 1. The molecule has 0 fully saturated rings. The first-order valence-corrected chi connectivity index (χ1v) is 9.19. The number of rotatable bonds is 5. The fourth-order valence-electron chi connectivity index (χ4n) is 3.60. The van der Waals surface area contributed by atoms with E-state index in [1.165, 1.54) is 17.0 Å². The van der Waals surface area contributed by atoms with Crippen LogP contribution in [-0.4, -0.2) is 53.7 Å². The average molecular weight is 389 g/mol. The molecule has 4 rings (SSSR count). The Labute approximate surface area is 167 Å². The summed E-state index contributed by atoms with van der Waals surface area (Å²) in [7, 11) is 3.78. The van der Waals surface area contributed by atoms with Gasteiger partial charge in [-0.05, 0) is 60.9 Å². The number of nitro groups is 1. The smallest absolute Gasteiger partial charge is 0.269 e. The van der Waals surface area contributed by atoms with E-state index in [1.807, 2.05) is 31.1 Å². The molecule has 0 unspecified atom stereocenters. The van der Waals surface area contributed by atoms with Crippen LogP contribution >= 0.6 is 0 Å². The third kappa shape index (κ3) is 3.25. The monoisotopic (exact) mass is 389 g/mol. The summed E-state index contributed by atoms with van der Waals surface area (Å²) in [6, 6.07) is 15.3. The largest absolute Gasteiger partial charge is 0.308 e. The second-order valence-electron chi connectivity index (χ2n) is 7.30. The summed E-state index contributed by atoms with van der Waals surface area (Å²) >= 11 is 0. The van der Waals surface area contributed by atoms with Gasteiger partial charge in [0.25, 0.3) is 17.5 Å². The molecule has 3 aromatic carbocycles. The van der Waals surface area contributed by atoms with Crippen molar-refractivity contribution >= 4 is 28.3 Å². The molecule has 2 amide bonds. The highest BCUT2D eigenvalue weighted by atomic mass is 16.6. The van der Waals surface area contributed by atoms with E-state index < -0.39 is 4.92 Å². The predicted octanol–water partition coefficient (Wildman–Crippen LogP) is 3.57. The van der Waals surface area contributed by atoms with E-state index in [-0.39, 0.29) is 17.5 Å². The maximum absolute atomic E-state index is 13.2. The van der Waals surface area contributed by atoms with Crippen molar-refractivity contribution in [2.75, 3.05) is 27.2 Å². The van der Waals surface area contributed by atoms with Gasteiger partial charge in [-0.3, -0.25) is 24.6 Å². The molecule has 0 N–H and O–H groups in total. The molecule has 0 bridgehead atoms. The third-order valence-electron chi connectivity index (χ3n) is 5.11. The van der Waals surface area contributed by atoms with Crippen LogP contribution in [0.3, 0.4) is 0 Å². The van der Waals surface area contributed by atoms with Crippen molar-refractivity contribution in [2.24, 2.45) is 0 Å². The first-order chi connectivity index (χ1) is 13.9. The van der Waals surface area contributed by atoms with Gasteiger partial charge in [-0.2, -0.15) is 0 Å². The Morgan fingerprint density at radius 1 is 0.931 bits per heavy atom. The minimum atomic E-state index is -0.446. The molecule has 0 spiro atoms. The van der Waals surface area contributed by atoms with E-state index in [9.17, 15) is 19.7 Å². The molecule has 7 nitrogen and oxygen atoms in total. The van der Waals surface area contributed by atoms with Crippen molar-refractivity contribution in [3.05, 3.63) is 75.8 Å². The lowest BCUT2D eigenvalue weighted by Crippen LogP contribution is -2.43. The highest BCUT2D eigenvalue weighted by Crippen LogP contribution is 2.34. The summed E-state index contributed by atoms with van der Waals surface area (Å²) in [6.45, 7) is 0.882. The normalized spacial score (nSPS) is 13.4. The molecule has 0 saturated heterocycles. The number of amides is 2. The van der Waals surface area contributed by atoms with Crippen LogP contribution in [0.25, 0.3) is 21.9 Å². The molecular weight excluding hydrogens is 370 g/mol. The topological polar surface area (TPSA) is 83.8 Å². The van der Waals surface area contributed by atoms with E-state index >= 15 is 0 Å². The molecule has 7 heteroatoms. The predicted molar refractivity (Wildman–Crippen MR) is 110 cm³/mol. The summed E-state index contributed by atoms with van der Waals surface area (Å²) < 4.78 is 0. The van der Waals surface area contributed by atoms with Gasteiger partial charge in [0.15, 0.2) is 0 Å². The fraction of sp³-hybridized carbons (Fsp3) is 0.182. The summed E-state index contributed by atoms with van der Waals surface area (Å²) in [4.78, 5) is 39.7. The summed E-state index contributed by atoms with van der Waals surface area (Å²) in [5.41, 5.74) is 2.55. The molecule has 29 heavy (non-hydrogen) atoms. The fourth-order valence-corrected chi connectivity index (χ4v) is 3.60. The summed E-state index contributed by atoms with van der Waals surface area (Å²) in [6.07, 6.45) is 0. The van der Waals surface area contributed by atoms with Crippen molar-refractivity contribution < 1.29 is 14.5 Å². The Morgan fingerprint density at radius 3 is 2.28 bits per heavy atom. The molecular formula is C22H19N3O4. The van der Waals surface area contributed by atoms with Gasteiger partial charge in [-0.1, -0.05) is 12.1 Å². The molecule has 0 saturated carbocycles.